The molecule has 0 amide bonds. The summed E-state index contributed by atoms with van der Waals surface area (Å²) < 4.78 is 10.6. The zero-order valence-corrected chi connectivity index (χ0v) is 12.3. The molecule has 1 atom stereocenters. The average Bonchev–Trinajstić information content (AvgIpc) is 2.93. The highest BCUT2D eigenvalue weighted by Crippen LogP contribution is 2.31. The minimum absolute atomic E-state index is 0.0774. The van der Waals surface area contributed by atoms with E-state index in [2.05, 4.69) is 0 Å². The number of aromatic carboxylic acids is 1. The third-order valence-corrected chi connectivity index (χ3v) is 3.47. The first kappa shape index (κ1) is 15.4. The summed E-state index contributed by atoms with van der Waals surface area (Å²) in [7, 11) is 1.58. The Balaban J connectivity index is 2.27. The predicted octanol–water partition coefficient (Wildman–Crippen LogP) is 2.92. The molecule has 0 saturated carbocycles. The molecular formula is C15H16ClNO4. The maximum Gasteiger partial charge on any atom is 0.371 e. The van der Waals surface area contributed by atoms with E-state index >= 15 is 0 Å². The van der Waals surface area contributed by atoms with Crippen molar-refractivity contribution in [2.45, 2.75) is 12.3 Å². The second-order valence-corrected chi connectivity index (χ2v) is 5.03. The Labute approximate surface area is 127 Å². The van der Waals surface area contributed by atoms with Gasteiger partial charge in [0.05, 0.1) is 7.11 Å². The molecule has 3 N–H and O–H groups in total. The highest BCUT2D eigenvalue weighted by molar-refractivity contribution is 6.30. The number of carbonyl (C=O) groups is 1. The molecule has 1 heterocycles. The van der Waals surface area contributed by atoms with Crippen molar-refractivity contribution < 1.29 is 19.1 Å². The second-order valence-electron chi connectivity index (χ2n) is 4.59. The van der Waals surface area contributed by atoms with Gasteiger partial charge in [0.15, 0.2) is 0 Å². The first-order chi connectivity index (χ1) is 10.0. The summed E-state index contributed by atoms with van der Waals surface area (Å²) in [5.74, 6) is 0.000836. The number of nitrogens with two attached hydrogens (primary N) is 1. The molecule has 6 heteroatoms. The molecule has 0 aliphatic rings. The number of furan rings is 1. The second kappa shape index (κ2) is 6.65. The normalized spacial score (nSPS) is 12.1. The van der Waals surface area contributed by atoms with Crippen molar-refractivity contribution in [2.75, 3.05) is 13.7 Å². The third-order valence-electron chi connectivity index (χ3n) is 3.24. The lowest BCUT2D eigenvalue weighted by Gasteiger charge is -2.17. The van der Waals surface area contributed by atoms with Crippen LogP contribution < -0.4 is 10.5 Å². The molecule has 0 spiro atoms. The summed E-state index contributed by atoms with van der Waals surface area (Å²) in [6.45, 7) is 0.361. The molecule has 0 radical (unpaired) electrons. The largest absolute Gasteiger partial charge is 0.496 e. The zero-order chi connectivity index (χ0) is 15.4. The van der Waals surface area contributed by atoms with E-state index in [1.165, 1.54) is 6.07 Å². The van der Waals surface area contributed by atoms with E-state index in [0.29, 0.717) is 29.5 Å². The first-order valence-corrected chi connectivity index (χ1v) is 6.78. The number of carboxylic acids is 1. The van der Waals surface area contributed by atoms with Gasteiger partial charge in [-0.15, -0.1) is 0 Å². The molecule has 1 aromatic carbocycles. The van der Waals surface area contributed by atoms with Crippen LogP contribution in [0.3, 0.4) is 0 Å². The van der Waals surface area contributed by atoms with Crippen LogP contribution in [0.5, 0.6) is 5.75 Å². The molecule has 112 valence electrons. The Hall–Kier alpha value is -1.98. The van der Waals surface area contributed by atoms with Crippen LogP contribution in [-0.4, -0.2) is 24.7 Å². The number of ether oxygens (including phenoxy) is 1. The highest BCUT2D eigenvalue weighted by Gasteiger charge is 2.19. The number of halogens is 1. The maximum atomic E-state index is 10.8. The van der Waals surface area contributed by atoms with Crippen LogP contribution in [0.15, 0.2) is 34.7 Å². The van der Waals surface area contributed by atoms with Gasteiger partial charge in [-0.25, -0.2) is 4.79 Å². The SMILES string of the molecule is COc1ccc(Cl)cc1C(CN)Cc1ccc(C(=O)O)o1. The van der Waals surface area contributed by atoms with Crippen molar-refractivity contribution in [3.8, 4) is 5.75 Å². The van der Waals surface area contributed by atoms with Crippen LogP contribution in [-0.2, 0) is 6.42 Å². The zero-order valence-electron chi connectivity index (χ0n) is 11.5. The van der Waals surface area contributed by atoms with Gasteiger partial charge in [0.2, 0.25) is 5.76 Å². The predicted molar refractivity (Wildman–Crippen MR) is 79.2 cm³/mol. The van der Waals surface area contributed by atoms with E-state index in [1.807, 2.05) is 0 Å². The molecule has 1 unspecified atom stereocenters. The van der Waals surface area contributed by atoms with Crippen LogP contribution >= 0.6 is 11.6 Å². The van der Waals surface area contributed by atoms with Crippen molar-refractivity contribution >= 4 is 17.6 Å². The van der Waals surface area contributed by atoms with Crippen LogP contribution in [0.2, 0.25) is 5.02 Å². The molecule has 0 bridgehead atoms. The molecule has 5 nitrogen and oxygen atoms in total. The van der Waals surface area contributed by atoms with E-state index < -0.39 is 5.97 Å². The molecule has 0 fully saturated rings. The van der Waals surface area contributed by atoms with Crippen LogP contribution in [0, 0.1) is 0 Å². The third kappa shape index (κ3) is 3.56. The topological polar surface area (TPSA) is 85.7 Å². The Morgan fingerprint density at radius 3 is 2.76 bits per heavy atom. The average molecular weight is 310 g/mol. The van der Waals surface area contributed by atoms with Crippen LogP contribution in [0.4, 0.5) is 0 Å². The van der Waals surface area contributed by atoms with Gasteiger partial charge in [-0.2, -0.15) is 0 Å². The number of benzene rings is 1. The van der Waals surface area contributed by atoms with Gasteiger partial charge in [0.25, 0.3) is 0 Å². The minimum Gasteiger partial charge on any atom is -0.496 e. The van der Waals surface area contributed by atoms with Gasteiger partial charge in [-0.1, -0.05) is 11.6 Å². The van der Waals surface area contributed by atoms with Crippen molar-refractivity contribution in [2.24, 2.45) is 5.73 Å². The van der Waals surface area contributed by atoms with E-state index in [4.69, 9.17) is 31.6 Å². The number of hydrogen-bond donors (Lipinski definition) is 2. The number of hydrogen-bond acceptors (Lipinski definition) is 4. The first-order valence-electron chi connectivity index (χ1n) is 6.40. The molecule has 0 aliphatic heterocycles. The summed E-state index contributed by atoms with van der Waals surface area (Å²) in [5.41, 5.74) is 6.71. The molecule has 2 rings (SSSR count). The Kier molecular flexibility index (Phi) is 4.88. The Bertz CT molecular complexity index is 638. The van der Waals surface area contributed by atoms with Crippen molar-refractivity contribution in [3.63, 3.8) is 0 Å². The van der Waals surface area contributed by atoms with Crippen LogP contribution in [0.25, 0.3) is 0 Å². The minimum atomic E-state index is -1.09. The van der Waals surface area contributed by atoms with Crippen molar-refractivity contribution in [3.05, 3.63) is 52.4 Å². The van der Waals surface area contributed by atoms with Gasteiger partial charge in [-0.05, 0) is 36.9 Å². The quantitative estimate of drug-likeness (QED) is 0.857. The van der Waals surface area contributed by atoms with Crippen LogP contribution in [0.1, 0.15) is 27.8 Å². The summed E-state index contributed by atoms with van der Waals surface area (Å²) >= 11 is 6.03. The van der Waals surface area contributed by atoms with E-state index in [9.17, 15) is 4.79 Å². The van der Waals surface area contributed by atoms with E-state index in [-0.39, 0.29) is 11.7 Å². The molecular weight excluding hydrogens is 294 g/mol. The maximum absolute atomic E-state index is 10.8. The summed E-state index contributed by atoms with van der Waals surface area (Å²) in [6.07, 6.45) is 0.473. The molecule has 0 aliphatic carbocycles. The molecule has 0 saturated heterocycles. The monoisotopic (exact) mass is 309 g/mol. The van der Waals surface area contributed by atoms with Gasteiger partial charge < -0.3 is 20.0 Å². The fourth-order valence-corrected chi connectivity index (χ4v) is 2.37. The lowest BCUT2D eigenvalue weighted by atomic mass is 9.94. The van der Waals surface area contributed by atoms with Crippen molar-refractivity contribution in [1.82, 2.24) is 0 Å². The lowest BCUT2D eigenvalue weighted by Crippen LogP contribution is -2.15. The standard InChI is InChI=1S/C15H16ClNO4/c1-20-13-4-2-10(16)7-12(13)9(8-17)6-11-3-5-14(21-11)15(18)19/h2-5,7,9H,6,8,17H2,1H3,(H,18,19). The summed E-state index contributed by atoms with van der Waals surface area (Å²) in [5, 5.41) is 9.46. The fraction of sp³-hybridized carbons (Fsp3) is 0.267. The fourth-order valence-electron chi connectivity index (χ4n) is 2.19. The lowest BCUT2D eigenvalue weighted by molar-refractivity contribution is 0.0660. The molecule has 1 aromatic heterocycles. The summed E-state index contributed by atoms with van der Waals surface area (Å²) in [4.78, 5) is 10.8. The summed E-state index contributed by atoms with van der Waals surface area (Å²) in [6, 6.07) is 8.40. The number of methoxy groups -OCH3 is 1. The van der Waals surface area contributed by atoms with Gasteiger partial charge in [0, 0.05) is 22.9 Å². The van der Waals surface area contributed by atoms with Gasteiger partial charge >= 0.3 is 5.97 Å². The van der Waals surface area contributed by atoms with Gasteiger partial charge in [0.1, 0.15) is 11.5 Å². The Morgan fingerprint density at radius 2 is 2.19 bits per heavy atom. The number of rotatable bonds is 6. The molecule has 2 aromatic rings. The van der Waals surface area contributed by atoms with Crippen molar-refractivity contribution in [1.29, 1.82) is 0 Å². The Morgan fingerprint density at radius 1 is 1.43 bits per heavy atom. The highest BCUT2D eigenvalue weighted by atomic mass is 35.5. The van der Waals surface area contributed by atoms with E-state index in [0.717, 1.165) is 5.56 Å². The smallest absolute Gasteiger partial charge is 0.371 e. The number of carboxylic acid groups (broad SMARTS) is 1. The van der Waals surface area contributed by atoms with E-state index in [1.54, 1.807) is 31.4 Å². The molecule has 21 heavy (non-hydrogen) atoms. The van der Waals surface area contributed by atoms with Gasteiger partial charge in [-0.3, -0.25) is 0 Å².